The van der Waals surface area contributed by atoms with Crippen LogP contribution in [0.4, 0.5) is 18.9 Å². The van der Waals surface area contributed by atoms with Crippen LogP contribution in [0, 0.1) is 13.8 Å². The zero-order valence-electron chi connectivity index (χ0n) is 11.6. The predicted molar refractivity (Wildman–Crippen MR) is 75.9 cm³/mol. The van der Waals surface area contributed by atoms with Gasteiger partial charge < -0.3 is 5.32 Å². The predicted octanol–water partition coefficient (Wildman–Crippen LogP) is 4.02. The molecule has 1 heterocycles. The van der Waals surface area contributed by atoms with Gasteiger partial charge in [-0.1, -0.05) is 11.6 Å². The van der Waals surface area contributed by atoms with Crippen molar-refractivity contribution < 1.29 is 18.0 Å². The number of benzene rings is 1. The fraction of sp³-hybridized carbons (Fsp3) is 0.214. The van der Waals surface area contributed by atoms with Crippen LogP contribution >= 0.6 is 11.6 Å². The second-order valence-electron chi connectivity index (χ2n) is 4.59. The van der Waals surface area contributed by atoms with Gasteiger partial charge in [-0.25, -0.2) is 9.97 Å². The molecule has 0 fully saturated rings. The molecular formula is C14H11ClF3N3O. The summed E-state index contributed by atoms with van der Waals surface area (Å²) in [5.41, 5.74) is -0.365. The first kappa shape index (κ1) is 16.2. The van der Waals surface area contributed by atoms with Gasteiger partial charge in [0.2, 0.25) is 0 Å². The molecule has 0 radical (unpaired) electrons. The molecule has 8 heteroatoms. The first-order chi connectivity index (χ1) is 10.2. The van der Waals surface area contributed by atoms with Gasteiger partial charge in [-0.2, -0.15) is 13.2 Å². The molecule has 0 saturated carbocycles. The van der Waals surface area contributed by atoms with Gasteiger partial charge >= 0.3 is 6.18 Å². The number of hydrogen-bond acceptors (Lipinski definition) is 3. The maximum atomic E-state index is 12.8. The number of aromatic nitrogens is 2. The van der Waals surface area contributed by atoms with E-state index in [1.165, 1.54) is 12.1 Å². The third-order valence-corrected chi connectivity index (χ3v) is 3.06. The van der Waals surface area contributed by atoms with Gasteiger partial charge in [-0.05, 0) is 38.1 Å². The Labute approximate surface area is 129 Å². The summed E-state index contributed by atoms with van der Waals surface area (Å²) < 4.78 is 38.3. The molecule has 2 rings (SSSR count). The smallest absolute Gasteiger partial charge is 0.321 e. The molecule has 1 N–H and O–H groups in total. The second kappa shape index (κ2) is 5.92. The Hall–Kier alpha value is -2.15. The highest BCUT2D eigenvalue weighted by atomic mass is 35.5. The molecule has 0 aliphatic rings. The Balaban J connectivity index is 2.29. The van der Waals surface area contributed by atoms with Crippen molar-refractivity contribution in [3.8, 4) is 0 Å². The largest absolute Gasteiger partial charge is 0.417 e. The number of amides is 1. The molecule has 0 unspecified atom stereocenters. The van der Waals surface area contributed by atoms with Gasteiger partial charge in [-0.3, -0.25) is 4.79 Å². The molecule has 22 heavy (non-hydrogen) atoms. The lowest BCUT2D eigenvalue weighted by molar-refractivity contribution is -0.137. The quantitative estimate of drug-likeness (QED) is 0.905. The van der Waals surface area contributed by atoms with Crippen molar-refractivity contribution in [2.45, 2.75) is 20.0 Å². The van der Waals surface area contributed by atoms with E-state index in [1.54, 1.807) is 13.8 Å². The van der Waals surface area contributed by atoms with E-state index in [0.717, 1.165) is 12.1 Å². The Morgan fingerprint density at radius 1 is 1.18 bits per heavy atom. The van der Waals surface area contributed by atoms with Crippen LogP contribution in [-0.4, -0.2) is 15.9 Å². The van der Waals surface area contributed by atoms with E-state index >= 15 is 0 Å². The van der Waals surface area contributed by atoms with Crippen molar-refractivity contribution in [1.82, 2.24) is 9.97 Å². The first-order valence-electron chi connectivity index (χ1n) is 6.17. The van der Waals surface area contributed by atoms with Crippen molar-refractivity contribution >= 4 is 23.2 Å². The van der Waals surface area contributed by atoms with Crippen LogP contribution in [0.15, 0.2) is 24.3 Å². The van der Waals surface area contributed by atoms with Gasteiger partial charge in [0, 0.05) is 11.4 Å². The minimum atomic E-state index is -4.60. The monoisotopic (exact) mass is 329 g/mol. The topological polar surface area (TPSA) is 54.9 Å². The fourth-order valence-electron chi connectivity index (χ4n) is 1.85. The number of rotatable bonds is 2. The molecular weight excluding hydrogens is 319 g/mol. The van der Waals surface area contributed by atoms with Gasteiger partial charge in [-0.15, -0.1) is 0 Å². The molecule has 1 aromatic carbocycles. The summed E-state index contributed by atoms with van der Waals surface area (Å²) in [6.45, 7) is 3.31. The molecule has 0 spiro atoms. The number of halogens is 4. The molecule has 2 aromatic rings. The summed E-state index contributed by atoms with van der Waals surface area (Å²) in [5, 5.41) is 1.93. The van der Waals surface area contributed by atoms with E-state index < -0.39 is 22.7 Å². The Morgan fingerprint density at radius 3 is 2.45 bits per heavy atom. The van der Waals surface area contributed by atoms with E-state index in [9.17, 15) is 18.0 Å². The van der Waals surface area contributed by atoms with Crippen molar-refractivity contribution in [3.05, 3.63) is 52.1 Å². The van der Waals surface area contributed by atoms with Crippen molar-refractivity contribution in [3.63, 3.8) is 0 Å². The summed E-state index contributed by atoms with van der Waals surface area (Å²) in [6.07, 6.45) is -4.60. The van der Waals surface area contributed by atoms with Crippen molar-refractivity contribution in [2.24, 2.45) is 0 Å². The molecule has 116 valence electrons. The lowest BCUT2D eigenvalue weighted by atomic mass is 10.2. The van der Waals surface area contributed by atoms with Crippen LogP contribution < -0.4 is 5.32 Å². The van der Waals surface area contributed by atoms with Crippen molar-refractivity contribution in [2.75, 3.05) is 5.32 Å². The van der Waals surface area contributed by atoms with Gasteiger partial charge in [0.1, 0.15) is 11.5 Å². The zero-order valence-corrected chi connectivity index (χ0v) is 12.4. The first-order valence-corrected chi connectivity index (χ1v) is 6.55. The lowest BCUT2D eigenvalue weighted by Crippen LogP contribution is -2.16. The Morgan fingerprint density at radius 2 is 1.86 bits per heavy atom. The number of nitrogens with zero attached hydrogens (tertiary/aromatic N) is 2. The molecule has 0 aliphatic carbocycles. The minimum absolute atomic E-state index is 0.0179. The van der Waals surface area contributed by atoms with Crippen molar-refractivity contribution in [1.29, 1.82) is 0 Å². The lowest BCUT2D eigenvalue weighted by Gasteiger charge is -2.11. The standard InChI is InChI=1S/C14H11ClF3N3O/c1-7-5-12(20-8(2)19-7)13(22)21-9-3-4-11(15)10(6-9)14(16,17)18/h3-6H,1-2H3,(H,21,22). The van der Waals surface area contributed by atoms with E-state index in [1.807, 2.05) is 0 Å². The molecule has 0 aliphatic heterocycles. The third kappa shape index (κ3) is 3.73. The Bertz CT molecular complexity index is 712. The SMILES string of the molecule is Cc1cc(C(=O)Nc2ccc(Cl)c(C(F)(F)F)c2)nc(C)n1. The van der Waals surface area contributed by atoms with E-state index in [2.05, 4.69) is 15.3 Å². The summed E-state index contributed by atoms with van der Waals surface area (Å²) in [4.78, 5) is 20.0. The van der Waals surface area contributed by atoms with Crippen LogP contribution in [0.1, 0.15) is 27.6 Å². The zero-order chi connectivity index (χ0) is 16.5. The summed E-state index contributed by atoms with van der Waals surface area (Å²) in [7, 11) is 0. The van der Waals surface area contributed by atoms with E-state index in [4.69, 9.17) is 11.6 Å². The maximum Gasteiger partial charge on any atom is 0.417 e. The average Bonchev–Trinajstić information content (AvgIpc) is 2.38. The van der Waals surface area contributed by atoms with Crippen LogP contribution in [0.2, 0.25) is 5.02 Å². The van der Waals surface area contributed by atoms with E-state index in [0.29, 0.717) is 11.5 Å². The van der Waals surface area contributed by atoms with E-state index in [-0.39, 0.29) is 11.4 Å². The maximum absolute atomic E-state index is 12.8. The highest BCUT2D eigenvalue weighted by molar-refractivity contribution is 6.31. The normalized spacial score (nSPS) is 11.4. The molecule has 4 nitrogen and oxygen atoms in total. The Kier molecular flexibility index (Phi) is 4.37. The number of carbonyl (C=O) groups excluding carboxylic acids is 1. The summed E-state index contributed by atoms with van der Waals surface area (Å²) in [5.74, 6) is -0.221. The molecule has 0 saturated heterocycles. The molecule has 0 bridgehead atoms. The summed E-state index contributed by atoms with van der Waals surface area (Å²) >= 11 is 5.52. The van der Waals surface area contributed by atoms with Crippen LogP contribution in [0.5, 0.6) is 0 Å². The number of anilines is 1. The van der Waals surface area contributed by atoms with Gasteiger partial charge in [0.25, 0.3) is 5.91 Å². The summed E-state index contributed by atoms with van der Waals surface area (Å²) in [6, 6.07) is 4.59. The minimum Gasteiger partial charge on any atom is -0.321 e. The number of aryl methyl sites for hydroxylation is 2. The van der Waals surface area contributed by atoms with Gasteiger partial charge in [0.15, 0.2) is 0 Å². The third-order valence-electron chi connectivity index (χ3n) is 2.73. The molecule has 0 atom stereocenters. The number of nitrogens with one attached hydrogen (secondary N) is 1. The van der Waals surface area contributed by atoms with Crippen LogP contribution in [0.25, 0.3) is 0 Å². The highest BCUT2D eigenvalue weighted by Crippen LogP contribution is 2.36. The van der Waals surface area contributed by atoms with Gasteiger partial charge in [0.05, 0.1) is 10.6 Å². The molecule has 1 aromatic heterocycles. The number of alkyl halides is 3. The number of carbonyl (C=O) groups is 1. The van der Waals surface area contributed by atoms with Crippen LogP contribution in [-0.2, 0) is 6.18 Å². The molecule has 1 amide bonds. The second-order valence-corrected chi connectivity index (χ2v) is 5.00. The average molecular weight is 330 g/mol. The fourth-order valence-corrected chi connectivity index (χ4v) is 2.07. The highest BCUT2D eigenvalue weighted by Gasteiger charge is 2.33. The van der Waals surface area contributed by atoms with Crippen LogP contribution in [0.3, 0.4) is 0 Å². The number of hydrogen-bond donors (Lipinski definition) is 1.